The molecular weight excluding hydrogens is 218 g/mol. The van der Waals surface area contributed by atoms with Crippen molar-refractivity contribution in [2.75, 3.05) is 6.54 Å². The molecule has 0 aromatic heterocycles. The fourth-order valence-electron chi connectivity index (χ4n) is 3.07. The van der Waals surface area contributed by atoms with Crippen LogP contribution in [-0.4, -0.2) is 12.6 Å². The van der Waals surface area contributed by atoms with Crippen molar-refractivity contribution >= 4 is 0 Å². The fraction of sp³-hybridized carbons (Fsp3) is 0.647. The van der Waals surface area contributed by atoms with Crippen LogP contribution in [0.2, 0.25) is 0 Å². The number of aryl methyl sites for hydroxylation is 1. The molecule has 0 bridgehead atoms. The molecule has 1 aliphatic carbocycles. The normalized spacial score (nSPS) is 18.1. The second-order valence-corrected chi connectivity index (χ2v) is 5.79. The Kier molecular flexibility index (Phi) is 5.25. The lowest BCUT2D eigenvalue weighted by molar-refractivity contribution is 0.356. The molecule has 0 radical (unpaired) electrons. The molecule has 1 atom stereocenters. The maximum absolute atomic E-state index is 3.77. The minimum Gasteiger partial charge on any atom is -0.313 e. The van der Waals surface area contributed by atoms with E-state index >= 15 is 0 Å². The third kappa shape index (κ3) is 3.84. The monoisotopic (exact) mass is 245 g/mol. The highest BCUT2D eigenvalue weighted by molar-refractivity contribution is 5.22. The van der Waals surface area contributed by atoms with E-state index in [9.17, 15) is 0 Å². The second-order valence-electron chi connectivity index (χ2n) is 5.79. The summed E-state index contributed by atoms with van der Waals surface area (Å²) in [5.41, 5.74) is 2.85. The summed E-state index contributed by atoms with van der Waals surface area (Å²) in [6.45, 7) is 5.57. The van der Waals surface area contributed by atoms with Crippen LogP contribution in [0.1, 0.15) is 50.2 Å². The van der Waals surface area contributed by atoms with E-state index in [0.29, 0.717) is 6.04 Å². The van der Waals surface area contributed by atoms with Crippen molar-refractivity contribution in [3.8, 4) is 0 Å². The van der Waals surface area contributed by atoms with Crippen molar-refractivity contribution in [2.24, 2.45) is 5.92 Å². The van der Waals surface area contributed by atoms with E-state index in [2.05, 4.69) is 43.4 Å². The van der Waals surface area contributed by atoms with Crippen molar-refractivity contribution in [1.82, 2.24) is 5.32 Å². The van der Waals surface area contributed by atoms with Crippen LogP contribution in [0.15, 0.2) is 24.3 Å². The smallest absolute Gasteiger partial charge is 0.0136 e. The van der Waals surface area contributed by atoms with E-state index in [4.69, 9.17) is 0 Å². The highest BCUT2D eigenvalue weighted by Gasteiger charge is 2.24. The van der Waals surface area contributed by atoms with Crippen LogP contribution in [0.25, 0.3) is 0 Å². The Morgan fingerprint density at radius 1 is 1.17 bits per heavy atom. The van der Waals surface area contributed by atoms with Crippen molar-refractivity contribution in [2.45, 2.75) is 58.4 Å². The van der Waals surface area contributed by atoms with E-state index in [0.717, 1.165) is 12.5 Å². The Morgan fingerprint density at radius 2 is 1.83 bits per heavy atom. The van der Waals surface area contributed by atoms with Crippen molar-refractivity contribution < 1.29 is 0 Å². The topological polar surface area (TPSA) is 12.0 Å². The van der Waals surface area contributed by atoms with Gasteiger partial charge in [0.15, 0.2) is 0 Å². The lowest BCUT2D eigenvalue weighted by Gasteiger charge is -2.25. The van der Waals surface area contributed by atoms with E-state index in [1.807, 2.05) is 0 Å². The summed E-state index contributed by atoms with van der Waals surface area (Å²) >= 11 is 0. The zero-order valence-corrected chi connectivity index (χ0v) is 11.9. The molecule has 1 heteroatoms. The molecule has 1 aliphatic rings. The van der Waals surface area contributed by atoms with Gasteiger partial charge in [-0.25, -0.2) is 0 Å². The first-order valence-electron chi connectivity index (χ1n) is 7.58. The van der Waals surface area contributed by atoms with Gasteiger partial charge >= 0.3 is 0 Å². The van der Waals surface area contributed by atoms with Gasteiger partial charge in [-0.05, 0) is 50.6 Å². The van der Waals surface area contributed by atoms with Gasteiger partial charge in [-0.3, -0.25) is 0 Å². The summed E-state index contributed by atoms with van der Waals surface area (Å²) < 4.78 is 0. The Labute approximate surface area is 112 Å². The van der Waals surface area contributed by atoms with E-state index < -0.39 is 0 Å². The molecule has 1 fully saturated rings. The van der Waals surface area contributed by atoms with Gasteiger partial charge < -0.3 is 5.32 Å². The van der Waals surface area contributed by atoms with Crippen LogP contribution in [0, 0.1) is 12.8 Å². The average Bonchev–Trinajstić information content (AvgIpc) is 2.90. The second kappa shape index (κ2) is 6.94. The van der Waals surface area contributed by atoms with Crippen LogP contribution in [0.5, 0.6) is 0 Å². The summed E-state index contributed by atoms with van der Waals surface area (Å²) in [5.74, 6) is 0.901. The summed E-state index contributed by atoms with van der Waals surface area (Å²) in [4.78, 5) is 0. The molecule has 0 spiro atoms. The number of benzene rings is 1. The van der Waals surface area contributed by atoms with Gasteiger partial charge in [0.2, 0.25) is 0 Å². The predicted octanol–water partition coefficient (Wildman–Crippen LogP) is 4.10. The third-order valence-electron chi connectivity index (χ3n) is 4.20. The molecule has 1 aromatic rings. The van der Waals surface area contributed by atoms with Crippen LogP contribution in [0.4, 0.5) is 0 Å². The molecule has 1 nitrogen and oxygen atoms in total. The molecule has 18 heavy (non-hydrogen) atoms. The molecule has 1 aromatic carbocycles. The first kappa shape index (κ1) is 13.6. The zero-order chi connectivity index (χ0) is 12.8. The highest BCUT2D eigenvalue weighted by Crippen LogP contribution is 2.29. The van der Waals surface area contributed by atoms with Crippen LogP contribution < -0.4 is 5.32 Å². The van der Waals surface area contributed by atoms with E-state index in [1.54, 1.807) is 0 Å². The summed E-state index contributed by atoms with van der Waals surface area (Å²) in [7, 11) is 0. The molecule has 1 N–H and O–H groups in total. The molecule has 0 amide bonds. The van der Waals surface area contributed by atoms with E-state index in [1.165, 1.54) is 49.7 Å². The fourth-order valence-corrected chi connectivity index (χ4v) is 3.07. The number of hydrogen-bond donors (Lipinski definition) is 1. The predicted molar refractivity (Wildman–Crippen MR) is 78.9 cm³/mol. The largest absolute Gasteiger partial charge is 0.313 e. The minimum atomic E-state index is 0.690. The standard InChI is InChI=1S/C17H27N/c1-3-12-18-17(16-6-4-5-7-16)13-15-10-8-14(2)9-11-15/h8-11,16-18H,3-7,12-13H2,1-2H3. The van der Waals surface area contributed by atoms with Crippen molar-refractivity contribution in [3.05, 3.63) is 35.4 Å². The molecule has 2 rings (SSSR count). The van der Waals surface area contributed by atoms with Gasteiger partial charge in [0.05, 0.1) is 0 Å². The Hall–Kier alpha value is -0.820. The minimum absolute atomic E-state index is 0.690. The van der Waals surface area contributed by atoms with Gasteiger partial charge in [0.1, 0.15) is 0 Å². The first-order valence-corrected chi connectivity index (χ1v) is 7.58. The van der Waals surface area contributed by atoms with Crippen LogP contribution >= 0.6 is 0 Å². The maximum atomic E-state index is 3.77. The zero-order valence-electron chi connectivity index (χ0n) is 11.9. The summed E-state index contributed by atoms with van der Waals surface area (Å²) in [6.07, 6.45) is 8.15. The summed E-state index contributed by atoms with van der Waals surface area (Å²) in [5, 5.41) is 3.77. The van der Waals surface area contributed by atoms with Crippen molar-refractivity contribution in [3.63, 3.8) is 0 Å². The summed E-state index contributed by atoms with van der Waals surface area (Å²) in [6, 6.07) is 9.76. The van der Waals surface area contributed by atoms with Gasteiger partial charge in [-0.1, -0.05) is 49.6 Å². The maximum Gasteiger partial charge on any atom is 0.0136 e. The Bertz CT molecular complexity index is 335. The van der Waals surface area contributed by atoms with E-state index in [-0.39, 0.29) is 0 Å². The number of hydrogen-bond acceptors (Lipinski definition) is 1. The lowest BCUT2D eigenvalue weighted by Crippen LogP contribution is -2.37. The van der Waals surface area contributed by atoms with Crippen LogP contribution in [0.3, 0.4) is 0 Å². The van der Waals surface area contributed by atoms with Crippen LogP contribution in [-0.2, 0) is 6.42 Å². The molecule has 0 aliphatic heterocycles. The van der Waals surface area contributed by atoms with Gasteiger partial charge in [0, 0.05) is 6.04 Å². The molecule has 100 valence electrons. The first-order chi connectivity index (χ1) is 8.79. The molecule has 1 saturated carbocycles. The van der Waals surface area contributed by atoms with Gasteiger partial charge in [-0.2, -0.15) is 0 Å². The molecular formula is C17H27N. The number of nitrogens with one attached hydrogen (secondary N) is 1. The molecule has 1 unspecified atom stereocenters. The molecule has 0 heterocycles. The Morgan fingerprint density at radius 3 is 2.44 bits per heavy atom. The van der Waals surface area contributed by atoms with Gasteiger partial charge in [0.25, 0.3) is 0 Å². The lowest BCUT2D eigenvalue weighted by atomic mass is 9.92. The SMILES string of the molecule is CCCNC(Cc1ccc(C)cc1)C1CCCC1. The van der Waals surface area contributed by atoms with Crippen molar-refractivity contribution in [1.29, 1.82) is 0 Å². The average molecular weight is 245 g/mol. The highest BCUT2D eigenvalue weighted by atomic mass is 14.9. The van der Waals surface area contributed by atoms with Gasteiger partial charge in [-0.15, -0.1) is 0 Å². The molecule has 0 saturated heterocycles. The quantitative estimate of drug-likeness (QED) is 0.796. The third-order valence-corrected chi connectivity index (χ3v) is 4.20. The number of rotatable bonds is 6. The Balaban J connectivity index is 1.97.